The second kappa shape index (κ2) is 6.16. The summed E-state index contributed by atoms with van der Waals surface area (Å²) in [7, 11) is 0. The third-order valence-corrected chi connectivity index (χ3v) is 5.87. The van der Waals surface area contributed by atoms with Gasteiger partial charge in [-0.15, -0.1) is 0 Å². The van der Waals surface area contributed by atoms with Crippen LogP contribution in [-0.4, -0.2) is 41.1 Å². The first-order valence-electron chi connectivity index (χ1n) is 9.24. The van der Waals surface area contributed by atoms with Crippen molar-refractivity contribution in [2.24, 2.45) is 17.6 Å². The number of carbonyl (C=O) groups is 4. The van der Waals surface area contributed by atoms with E-state index in [-0.39, 0.29) is 24.1 Å². The maximum Gasteiger partial charge on any atom is 0.250 e. The number of carbonyl (C=O) groups excluding carboxylic acids is 4. The quantitative estimate of drug-likeness (QED) is 0.634. The minimum absolute atomic E-state index is 0.112. The zero-order chi connectivity index (χ0) is 19.3. The lowest BCUT2D eigenvalue weighted by Crippen LogP contribution is -2.53. The molecule has 4 unspecified atom stereocenters. The first-order valence-corrected chi connectivity index (χ1v) is 9.24. The number of rotatable bonds is 5. The van der Waals surface area contributed by atoms with E-state index in [1.165, 1.54) is 4.90 Å². The zero-order valence-corrected chi connectivity index (χ0v) is 15.0. The van der Waals surface area contributed by atoms with Crippen LogP contribution in [0, 0.1) is 11.8 Å². The molecule has 2 fully saturated rings. The Kier molecular flexibility index (Phi) is 4.03. The monoisotopic (exact) mass is 370 g/mol. The largest absolute Gasteiger partial charge is 0.370 e. The van der Waals surface area contributed by atoms with E-state index >= 15 is 0 Å². The van der Waals surface area contributed by atoms with Crippen molar-refractivity contribution in [2.45, 2.75) is 37.8 Å². The Morgan fingerprint density at radius 2 is 1.96 bits per heavy atom. The van der Waals surface area contributed by atoms with Crippen LogP contribution >= 0.6 is 0 Å². The van der Waals surface area contributed by atoms with Crippen molar-refractivity contribution in [3.63, 3.8) is 0 Å². The number of anilines is 1. The predicted octanol–water partition coefficient (Wildman–Crippen LogP) is 0.0825. The molecule has 0 bridgehead atoms. The molecule has 3 heterocycles. The average Bonchev–Trinajstić information content (AvgIpc) is 3.19. The normalized spacial score (nSPS) is 31.4. The summed E-state index contributed by atoms with van der Waals surface area (Å²) in [6, 6.07) is 6.45. The van der Waals surface area contributed by atoms with Gasteiger partial charge < -0.3 is 11.1 Å². The summed E-state index contributed by atoms with van der Waals surface area (Å²) >= 11 is 0. The lowest BCUT2D eigenvalue weighted by molar-refractivity contribution is -0.142. The third-order valence-electron chi connectivity index (χ3n) is 5.87. The van der Waals surface area contributed by atoms with Crippen LogP contribution in [0.3, 0.4) is 0 Å². The molecule has 8 heteroatoms. The molecular formula is C19H22N4O4. The molecule has 0 saturated carbocycles. The fraction of sp³-hybridized carbons (Fsp3) is 0.474. The molecule has 3 aliphatic heterocycles. The molecule has 1 spiro atoms. The summed E-state index contributed by atoms with van der Waals surface area (Å²) in [6.45, 7) is 2.30. The number of primary amides is 1. The standard InChI is InChI=1S/C19H22N4O4/c1-2-3-8-23-16(25)14-12(9-13(20)24)22-19(15(14)17(23)26)10-6-4-5-7-11(10)21-18(19)27/h4-7,12,14-15,22H,2-3,8-9H2,1H3,(H2,20,24)(H,21,27). The molecule has 2 saturated heterocycles. The molecule has 0 aromatic heterocycles. The number of imide groups is 1. The number of unbranched alkanes of at least 4 members (excludes halogenated alkanes) is 1. The minimum atomic E-state index is -1.35. The lowest BCUT2D eigenvalue weighted by atomic mass is 9.76. The first kappa shape index (κ1) is 17.7. The van der Waals surface area contributed by atoms with Crippen molar-refractivity contribution in [3.8, 4) is 0 Å². The van der Waals surface area contributed by atoms with E-state index in [1.807, 2.05) is 6.92 Å². The van der Waals surface area contributed by atoms with Crippen LogP contribution in [0.5, 0.6) is 0 Å². The number of benzene rings is 1. The molecule has 142 valence electrons. The predicted molar refractivity (Wildman–Crippen MR) is 96.1 cm³/mol. The number of fused-ring (bicyclic) bond motifs is 4. The SMILES string of the molecule is CCCCN1C(=O)C2C(CC(N)=O)NC3(C(=O)Nc4ccccc43)C2C1=O. The highest BCUT2D eigenvalue weighted by atomic mass is 16.2. The van der Waals surface area contributed by atoms with Crippen molar-refractivity contribution in [2.75, 3.05) is 11.9 Å². The lowest BCUT2D eigenvalue weighted by Gasteiger charge is -2.29. The summed E-state index contributed by atoms with van der Waals surface area (Å²) < 4.78 is 0. The van der Waals surface area contributed by atoms with E-state index in [2.05, 4.69) is 10.6 Å². The van der Waals surface area contributed by atoms with Crippen molar-refractivity contribution in [1.82, 2.24) is 10.2 Å². The maximum absolute atomic E-state index is 13.2. The third kappa shape index (κ3) is 2.32. The van der Waals surface area contributed by atoms with Gasteiger partial charge in [-0.2, -0.15) is 0 Å². The highest BCUT2D eigenvalue weighted by Gasteiger charge is 2.70. The van der Waals surface area contributed by atoms with Crippen molar-refractivity contribution < 1.29 is 19.2 Å². The van der Waals surface area contributed by atoms with Gasteiger partial charge >= 0.3 is 0 Å². The van der Waals surface area contributed by atoms with E-state index < -0.39 is 29.3 Å². The van der Waals surface area contributed by atoms with Crippen LogP contribution in [0.1, 0.15) is 31.7 Å². The van der Waals surface area contributed by atoms with Crippen molar-refractivity contribution in [1.29, 1.82) is 0 Å². The number of likely N-dealkylation sites (tertiary alicyclic amines) is 1. The van der Waals surface area contributed by atoms with E-state index in [0.717, 1.165) is 6.42 Å². The Bertz CT molecular complexity index is 854. The van der Waals surface area contributed by atoms with E-state index in [4.69, 9.17) is 5.73 Å². The first-order chi connectivity index (χ1) is 12.9. The van der Waals surface area contributed by atoms with Gasteiger partial charge in [0.2, 0.25) is 23.6 Å². The van der Waals surface area contributed by atoms with Gasteiger partial charge in [0, 0.05) is 30.3 Å². The molecule has 3 aliphatic rings. The van der Waals surface area contributed by atoms with Gasteiger partial charge in [0.05, 0.1) is 11.8 Å². The van der Waals surface area contributed by atoms with Gasteiger partial charge in [0.15, 0.2) is 0 Å². The summed E-state index contributed by atoms with van der Waals surface area (Å²) in [5.41, 5.74) is 5.27. The van der Waals surface area contributed by atoms with Gasteiger partial charge in [-0.05, 0) is 12.5 Å². The summed E-state index contributed by atoms with van der Waals surface area (Å²) in [5.74, 6) is -3.30. The fourth-order valence-electron chi connectivity index (χ4n) is 4.75. The Labute approximate surface area is 156 Å². The van der Waals surface area contributed by atoms with Crippen molar-refractivity contribution >= 4 is 29.3 Å². The summed E-state index contributed by atoms with van der Waals surface area (Å²) in [4.78, 5) is 52.1. The van der Waals surface area contributed by atoms with Gasteiger partial charge in [-0.3, -0.25) is 29.4 Å². The number of hydrogen-bond acceptors (Lipinski definition) is 5. The van der Waals surface area contributed by atoms with Crippen LogP contribution in [0.15, 0.2) is 24.3 Å². The molecule has 0 aliphatic carbocycles. The molecule has 4 rings (SSSR count). The molecule has 0 radical (unpaired) electrons. The second-order valence-corrected chi connectivity index (χ2v) is 7.41. The molecule has 1 aromatic rings. The molecule has 8 nitrogen and oxygen atoms in total. The zero-order valence-electron chi connectivity index (χ0n) is 15.0. The molecule has 4 atom stereocenters. The van der Waals surface area contributed by atoms with Crippen LogP contribution in [-0.2, 0) is 24.7 Å². The number of nitrogens with two attached hydrogens (primary N) is 1. The van der Waals surface area contributed by atoms with Gasteiger partial charge in [-0.25, -0.2) is 0 Å². The van der Waals surface area contributed by atoms with Crippen LogP contribution in [0.2, 0.25) is 0 Å². The average molecular weight is 370 g/mol. The van der Waals surface area contributed by atoms with Crippen molar-refractivity contribution in [3.05, 3.63) is 29.8 Å². The van der Waals surface area contributed by atoms with E-state index in [0.29, 0.717) is 24.2 Å². The molecular weight excluding hydrogens is 348 g/mol. The minimum Gasteiger partial charge on any atom is -0.370 e. The number of amides is 4. The molecule has 4 amide bonds. The smallest absolute Gasteiger partial charge is 0.250 e. The molecule has 1 aromatic carbocycles. The highest BCUT2D eigenvalue weighted by Crippen LogP contribution is 2.53. The Balaban J connectivity index is 1.83. The van der Waals surface area contributed by atoms with E-state index in [1.54, 1.807) is 24.3 Å². The Morgan fingerprint density at radius 1 is 1.22 bits per heavy atom. The number of nitrogens with zero attached hydrogens (tertiary/aromatic N) is 1. The van der Waals surface area contributed by atoms with Gasteiger partial charge in [-0.1, -0.05) is 31.5 Å². The number of hydrogen-bond donors (Lipinski definition) is 3. The van der Waals surface area contributed by atoms with Gasteiger partial charge in [0.1, 0.15) is 5.54 Å². The van der Waals surface area contributed by atoms with Gasteiger partial charge in [0.25, 0.3) is 0 Å². The fourth-order valence-corrected chi connectivity index (χ4v) is 4.75. The molecule has 4 N–H and O–H groups in total. The second-order valence-electron chi connectivity index (χ2n) is 7.41. The highest BCUT2D eigenvalue weighted by molar-refractivity contribution is 6.15. The number of para-hydroxylation sites is 1. The molecule has 27 heavy (non-hydrogen) atoms. The Morgan fingerprint density at radius 3 is 2.67 bits per heavy atom. The topological polar surface area (TPSA) is 122 Å². The summed E-state index contributed by atoms with van der Waals surface area (Å²) in [5, 5.41) is 5.97. The van der Waals surface area contributed by atoms with Crippen LogP contribution in [0.25, 0.3) is 0 Å². The van der Waals surface area contributed by atoms with E-state index in [9.17, 15) is 19.2 Å². The number of nitrogens with one attached hydrogen (secondary N) is 2. The Hall–Kier alpha value is -2.74. The van der Waals surface area contributed by atoms with Crippen LogP contribution < -0.4 is 16.4 Å². The maximum atomic E-state index is 13.2. The summed E-state index contributed by atoms with van der Waals surface area (Å²) in [6.07, 6.45) is 1.42. The van der Waals surface area contributed by atoms with Crippen LogP contribution in [0.4, 0.5) is 5.69 Å².